The highest BCUT2D eigenvalue weighted by Crippen LogP contribution is 2.31. The van der Waals surface area contributed by atoms with Crippen LogP contribution in [0.1, 0.15) is 39.2 Å². The van der Waals surface area contributed by atoms with E-state index in [0.717, 1.165) is 25.0 Å². The number of hydrogen-bond acceptors (Lipinski definition) is 3. The van der Waals surface area contributed by atoms with Gasteiger partial charge in [-0.05, 0) is 51.8 Å². The molecule has 1 atom stereocenters. The Bertz CT molecular complexity index is 582. The maximum absolute atomic E-state index is 12.7. The number of amides is 1. The molecule has 0 saturated carbocycles. The molecule has 4 nitrogen and oxygen atoms in total. The van der Waals surface area contributed by atoms with E-state index in [2.05, 4.69) is 5.32 Å². The summed E-state index contributed by atoms with van der Waals surface area (Å²) in [6.45, 7) is 6.40. The first-order chi connectivity index (χ1) is 11.1. The van der Waals surface area contributed by atoms with Crippen molar-refractivity contribution in [2.45, 2.75) is 51.4 Å². The first-order valence-electron chi connectivity index (χ1n) is 7.97. The molecule has 24 heavy (non-hydrogen) atoms. The van der Waals surface area contributed by atoms with Crippen molar-refractivity contribution >= 4 is 11.8 Å². The average molecular weight is 344 g/mol. The lowest BCUT2D eigenvalue weighted by Gasteiger charge is -2.29. The van der Waals surface area contributed by atoms with Crippen molar-refractivity contribution < 1.29 is 22.7 Å². The zero-order chi connectivity index (χ0) is 18.0. The van der Waals surface area contributed by atoms with Gasteiger partial charge in [-0.2, -0.15) is 13.2 Å². The Morgan fingerprint density at radius 1 is 1.33 bits per heavy atom. The largest absolute Gasteiger partial charge is 0.444 e. The van der Waals surface area contributed by atoms with Gasteiger partial charge < -0.3 is 15.0 Å². The van der Waals surface area contributed by atoms with E-state index in [1.807, 2.05) is 0 Å². The van der Waals surface area contributed by atoms with Crippen LogP contribution in [0.4, 0.5) is 23.7 Å². The molecular weight excluding hydrogens is 321 g/mol. The molecule has 0 radical (unpaired) electrons. The predicted octanol–water partition coefficient (Wildman–Crippen LogP) is 4.52. The second-order valence-corrected chi connectivity index (χ2v) is 6.93. The Hall–Kier alpha value is -1.92. The van der Waals surface area contributed by atoms with E-state index < -0.39 is 17.3 Å². The number of benzene rings is 1. The Kier molecular flexibility index (Phi) is 5.30. The maximum Gasteiger partial charge on any atom is 0.416 e. The summed E-state index contributed by atoms with van der Waals surface area (Å²) in [6, 6.07) is 4.97. The number of carbonyl (C=O) groups is 1. The summed E-state index contributed by atoms with van der Waals surface area (Å²) in [5.74, 6) is 0. The molecule has 134 valence electrons. The van der Waals surface area contributed by atoms with Crippen LogP contribution in [0.3, 0.4) is 0 Å². The fourth-order valence-electron chi connectivity index (χ4n) is 2.65. The van der Waals surface area contributed by atoms with Gasteiger partial charge in [0.2, 0.25) is 0 Å². The molecule has 1 aromatic carbocycles. The van der Waals surface area contributed by atoms with Gasteiger partial charge in [-0.15, -0.1) is 0 Å². The van der Waals surface area contributed by atoms with Crippen molar-refractivity contribution in [3.63, 3.8) is 0 Å². The zero-order valence-corrected chi connectivity index (χ0v) is 14.1. The molecule has 0 aliphatic carbocycles. The normalized spacial score (nSPS) is 18.6. The molecule has 1 amide bonds. The van der Waals surface area contributed by atoms with Gasteiger partial charge in [0, 0.05) is 18.8 Å². The van der Waals surface area contributed by atoms with Gasteiger partial charge in [0.05, 0.1) is 11.6 Å². The molecule has 1 heterocycles. The van der Waals surface area contributed by atoms with Gasteiger partial charge in [-0.25, -0.2) is 4.79 Å². The number of anilines is 1. The van der Waals surface area contributed by atoms with Crippen LogP contribution in [-0.2, 0) is 10.9 Å². The van der Waals surface area contributed by atoms with Gasteiger partial charge in [0.25, 0.3) is 0 Å². The lowest BCUT2D eigenvalue weighted by molar-refractivity contribution is -0.137. The van der Waals surface area contributed by atoms with E-state index in [9.17, 15) is 18.0 Å². The fraction of sp³-hybridized carbons (Fsp3) is 0.588. The van der Waals surface area contributed by atoms with Crippen molar-refractivity contribution in [1.82, 2.24) is 4.90 Å². The van der Waals surface area contributed by atoms with E-state index in [4.69, 9.17) is 4.74 Å². The Balaban J connectivity index is 1.97. The summed E-state index contributed by atoms with van der Waals surface area (Å²) in [5.41, 5.74) is -0.873. The van der Waals surface area contributed by atoms with Crippen LogP contribution >= 0.6 is 0 Å². The van der Waals surface area contributed by atoms with E-state index in [0.29, 0.717) is 18.8 Å². The van der Waals surface area contributed by atoms with Crippen LogP contribution in [0.2, 0.25) is 0 Å². The van der Waals surface area contributed by atoms with E-state index in [1.165, 1.54) is 6.07 Å². The molecule has 0 spiro atoms. The molecule has 0 bridgehead atoms. The molecule has 1 aliphatic rings. The number of likely N-dealkylation sites (tertiary alicyclic amines) is 1. The number of rotatable bonds is 3. The summed E-state index contributed by atoms with van der Waals surface area (Å²) in [7, 11) is 0. The van der Waals surface area contributed by atoms with E-state index in [1.54, 1.807) is 31.7 Å². The fourth-order valence-corrected chi connectivity index (χ4v) is 2.65. The van der Waals surface area contributed by atoms with E-state index >= 15 is 0 Å². The standard InChI is InChI=1S/C17H23F3N2O2/c1-16(2,3)24-15(23)22-9-5-8-14(22)11-21-13-7-4-6-12(10-13)17(18,19)20/h4,6-7,10,14,21H,5,8-9,11H2,1-3H3/t14-/m1/s1. The molecular formula is C17H23F3N2O2. The van der Waals surface area contributed by atoms with E-state index in [-0.39, 0.29) is 12.1 Å². The Labute approximate surface area is 140 Å². The first-order valence-corrected chi connectivity index (χ1v) is 7.97. The number of alkyl halides is 3. The van der Waals surface area contributed by atoms with Gasteiger partial charge in [-0.3, -0.25) is 0 Å². The van der Waals surface area contributed by atoms with Crippen molar-refractivity contribution in [3.8, 4) is 0 Å². The second kappa shape index (κ2) is 6.91. The topological polar surface area (TPSA) is 41.6 Å². The number of hydrogen-bond donors (Lipinski definition) is 1. The summed E-state index contributed by atoms with van der Waals surface area (Å²) in [5, 5.41) is 3.00. The summed E-state index contributed by atoms with van der Waals surface area (Å²) in [4.78, 5) is 13.8. The zero-order valence-electron chi connectivity index (χ0n) is 14.1. The quantitative estimate of drug-likeness (QED) is 0.877. The van der Waals surface area contributed by atoms with Gasteiger partial charge in [-0.1, -0.05) is 6.07 Å². The average Bonchev–Trinajstić information content (AvgIpc) is 2.91. The van der Waals surface area contributed by atoms with Crippen LogP contribution < -0.4 is 5.32 Å². The van der Waals surface area contributed by atoms with Crippen molar-refractivity contribution in [3.05, 3.63) is 29.8 Å². The number of carbonyl (C=O) groups excluding carboxylic acids is 1. The Morgan fingerprint density at radius 3 is 2.67 bits per heavy atom. The molecule has 7 heteroatoms. The van der Waals surface area contributed by atoms with Gasteiger partial charge >= 0.3 is 12.3 Å². The minimum absolute atomic E-state index is 0.0885. The summed E-state index contributed by atoms with van der Waals surface area (Å²) < 4.78 is 43.6. The summed E-state index contributed by atoms with van der Waals surface area (Å²) >= 11 is 0. The molecule has 1 aromatic rings. The molecule has 0 aromatic heterocycles. The predicted molar refractivity (Wildman–Crippen MR) is 85.9 cm³/mol. The highest BCUT2D eigenvalue weighted by atomic mass is 19.4. The van der Waals surface area contributed by atoms with Crippen molar-refractivity contribution in [1.29, 1.82) is 0 Å². The smallest absolute Gasteiger partial charge is 0.416 e. The number of ether oxygens (including phenoxy) is 1. The molecule has 1 N–H and O–H groups in total. The minimum atomic E-state index is -4.37. The van der Waals surface area contributed by atoms with Crippen LogP contribution in [0, 0.1) is 0 Å². The molecule has 2 rings (SSSR count). The highest BCUT2D eigenvalue weighted by molar-refractivity contribution is 5.69. The highest BCUT2D eigenvalue weighted by Gasteiger charge is 2.33. The molecule has 0 unspecified atom stereocenters. The number of nitrogens with zero attached hydrogens (tertiary/aromatic N) is 1. The Morgan fingerprint density at radius 2 is 2.04 bits per heavy atom. The number of halogens is 3. The first kappa shape index (κ1) is 18.4. The minimum Gasteiger partial charge on any atom is -0.444 e. The molecule has 1 aliphatic heterocycles. The third-order valence-corrected chi connectivity index (χ3v) is 3.74. The SMILES string of the molecule is CC(C)(C)OC(=O)N1CCC[C@@H]1CNc1cccc(C(F)(F)F)c1. The third-order valence-electron chi connectivity index (χ3n) is 3.74. The monoisotopic (exact) mass is 344 g/mol. The van der Waals surface area contributed by atoms with Gasteiger partial charge in [0.15, 0.2) is 0 Å². The van der Waals surface area contributed by atoms with Crippen molar-refractivity contribution in [2.75, 3.05) is 18.4 Å². The van der Waals surface area contributed by atoms with Crippen LogP contribution in [0.15, 0.2) is 24.3 Å². The van der Waals surface area contributed by atoms with Crippen LogP contribution in [0.5, 0.6) is 0 Å². The van der Waals surface area contributed by atoms with Crippen molar-refractivity contribution in [2.24, 2.45) is 0 Å². The lowest BCUT2D eigenvalue weighted by Crippen LogP contribution is -2.42. The van der Waals surface area contributed by atoms with Gasteiger partial charge in [0.1, 0.15) is 5.60 Å². The van der Waals surface area contributed by atoms with Crippen LogP contribution in [-0.4, -0.2) is 35.7 Å². The molecule has 1 fully saturated rings. The number of nitrogens with one attached hydrogen (secondary N) is 1. The maximum atomic E-state index is 12.7. The third kappa shape index (κ3) is 5.04. The molecule has 1 saturated heterocycles. The lowest BCUT2D eigenvalue weighted by atomic mass is 10.1. The summed E-state index contributed by atoms with van der Waals surface area (Å²) in [6.07, 6.45) is -3.09. The van der Waals surface area contributed by atoms with Crippen LogP contribution in [0.25, 0.3) is 0 Å². The second-order valence-electron chi connectivity index (χ2n) is 6.93.